The van der Waals surface area contributed by atoms with Crippen LogP contribution in [0, 0.1) is 3.57 Å². The van der Waals surface area contributed by atoms with E-state index in [-0.39, 0.29) is 0 Å². The molecular weight excluding hydrogens is 489 g/mol. The Balaban J connectivity index is 1.77. The molecule has 6 heteroatoms. The van der Waals surface area contributed by atoms with Crippen LogP contribution in [0.1, 0.15) is 11.1 Å². The lowest BCUT2D eigenvalue weighted by atomic mass is 10.2. The molecule has 0 unspecified atom stereocenters. The Bertz CT molecular complexity index is 974. The van der Waals surface area contributed by atoms with Crippen LogP contribution in [0.2, 0.25) is 5.02 Å². The first-order valence-corrected chi connectivity index (χ1v) is 9.97. The fraction of sp³-hybridized carbons (Fsp3) is 0.136. The van der Waals surface area contributed by atoms with Crippen molar-refractivity contribution in [3.05, 3.63) is 80.4 Å². The van der Waals surface area contributed by atoms with E-state index in [1.807, 2.05) is 60.7 Å². The summed E-state index contributed by atoms with van der Waals surface area (Å²) in [5, 5.41) is 0.688. The molecule has 0 saturated heterocycles. The minimum Gasteiger partial charge on any atom is -0.497 e. The zero-order valence-electron chi connectivity index (χ0n) is 15.5. The van der Waals surface area contributed by atoms with Crippen LogP contribution in [0.5, 0.6) is 17.2 Å². The number of rotatable bonds is 7. The smallest absolute Gasteiger partial charge is 0.174 e. The summed E-state index contributed by atoms with van der Waals surface area (Å²) < 4.78 is 17.6. The van der Waals surface area contributed by atoms with Crippen molar-refractivity contribution in [2.45, 2.75) is 6.61 Å². The summed E-state index contributed by atoms with van der Waals surface area (Å²) in [6.07, 6.45) is 1.80. The number of ether oxygens (including phenoxy) is 3. The van der Waals surface area contributed by atoms with Gasteiger partial charge in [0.25, 0.3) is 0 Å². The number of nitrogens with zero attached hydrogens (tertiary/aromatic N) is 1. The van der Waals surface area contributed by atoms with Gasteiger partial charge in [-0.15, -0.1) is 0 Å². The van der Waals surface area contributed by atoms with Crippen LogP contribution in [0.3, 0.4) is 0 Å². The molecule has 3 aromatic carbocycles. The van der Waals surface area contributed by atoms with Crippen LogP contribution in [0.15, 0.2) is 65.7 Å². The van der Waals surface area contributed by atoms with Gasteiger partial charge in [-0.2, -0.15) is 0 Å². The second kappa shape index (κ2) is 9.80. The van der Waals surface area contributed by atoms with Crippen molar-refractivity contribution < 1.29 is 14.2 Å². The third-order valence-corrected chi connectivity index (χ3v) is 5.00. The molecule has 144 valence electrons. The first-order chi connectivity index (χ1) is 13.6. The maximum Gasteiger partial charge on any atom is 0.174 e. The Hall–Kier alpha value is -2.25. The van der Waals surface area contributed by atoms with E-state index in [4.69, 9.17) is 25.8 Å². The van der Waals surface area contributed by atoms with Gasteiger partial charge in [-0.1, -0.05) is 23.7 Å². The van der Waals surface area contributed by atoms with E-state index in [2.05, 4.69) is 27.6 Å². The summed E-state index contributed by atoms with van der Waals surface area (Å²) >= 11 is 8.27. The molecule has 0 heterocycles. The van der Waals surface area contributed by atoms with Crippen LogP contribution in [-0.2, 0) is 6.61 Å². The fourth-order valence-electron chi connectivity index (χ4n) is 2.55. The minimum absolute atomic E-state index is 0.409. The van der Waals surface area contributed by atoms with Crippen molar-refractivity contribution in [3.63, 3.8) is 0 Å². The molecule has 0 fully saturated rings. The quantitative estimate of drug-likeness (QED) is 0.279. The second-order valence-electron chi connectivity index (χ2n) is 5.91. The number of hydrogen-bond acceptors (Lipinski definition) is 4. The monoisotopic (exact) mass is 507 g/mol. The first-order valence-electron chi connectivity index (χ1n) is 8.52. The van der Waals surface area contributed by atoms with Crippen LogP contribution < -0.4 is 14.2 Å². The first kappa shape index (κ1) is 20.5. The lowest BCUT2D eigenvalue weighted by Gasteiger charge is -2.13. The molecule has 0 aromatic heterocycles. The molecule has 0 bridgehead atoms. The summed E-state index contributed by atoms with van der Waals surface area (Å²) in [5.41, 5.74) is 2.76. The van der Waals surface area contributed by atoms with Crippen molar-refractivity contribution in [3.8, 4) is 17.2 Å². The van der Waals surface area contributed by atoms with Crippen molar-refractivity contribution in [1.82, 2.24) is 0 Å². The van der Waals surface area contributed by atoms with E-state index in [0.717, 1.165) is 26.1 Å². The predicted molar refractivity (Wildman–Crippen MR) is 122 cm³/mol. The molecular formula is C22H19ClINO3. The largest absolute Gasteiger partial charge is 0.497 e. The summed E-state index contributed by atoms with van der Waals surface area (Å²) in [6, 6.07) is 19.1. The molecule has 3 aromatic rings. The SMILES string of the molecule is COc1ccc(N=Cc2cc(I)c(OCc3cccc(Cl)c3)c(OC)c2)cc1. The van der Waals surface area contributed by atoms with Gasteiger partial charge in [-0.25, -0.2) is 0 Å². The zero-order valence-corrected chi connectivity index (χ0v) is 18.4. The molecule has 3 rings (SSSR count). The number of methoxy groups -OCH3 is 2. The van der Waals surface area contributed by atoms with Crippen molar-refractivity contribution in [2.24, 2.45) is 4.99 Å². The highest BCUT2D eigenvalue weighted by Crippen LogP contribution is 2.34. The lowest BCUT2D eigenvalue weighted by molar-refractivity contribution is 0.282. The third-order valence-electron chi connectivity index (χ3n) is 3.96. The molecule has 0 atom stereocenters. The van der Waals surface area contributed by atoms with Crippen LogP contribution in [0.4, 0.5) is 5.69 Å². The molecule has 0 aliphatic carbocycles. The molecule has 0 spiro atoms. The van der Waals surface area contributed by atoms with E-state index in [1.54, 1.807) is 20.4 Å². The predicted octanol–water partition coefficient (Wildman–Crippen LogP) is 6.29. The topological polar surface area (TPSA) is 40.0 Å². The standard InChI is InChI=1S/C22H19ClINO3/c1-26-19-8-6-18(7-9-19)25-13-16-11-20(24)22(21(12-16)27-2)28-14-15-4-3-5-17(23)10-15/h3-13H,14H2,1-2H3. The van der Waals surface area contributed by atoms with E-state index in [9.17, 15) is 0 Å². The molecule has 0 N–H and O–H groups in total. The molecule has 0 radical (unpaired) electrons. The Kier molecular flexibility index (Phi) is 7.17. The molecule has 0 amide bonds. The van der Waals surface area contributed by atoms with Gasteiger partial charge in [0.05, 0.1) is 23.5 Å². The Morgan fingerprint density at radius 2 is 1.79 bits per heavy atom. The number of benzene rings is 3. The number of hydrogen-bond donors (Lipinski definition) is 0. The molecule has 0 saturated carbocycles. The maximum absolute atomic E-state index is 6.04. The van der Waals surface area contributed by atoms with Gasteiger partial charge < -0.3 is 14.2 Å². The number of aliphatic imine (C=N–C) groups is 1. The highest BCUT2D eigenvalue weighted by Gasteiger charge is 2.11. The normalized spacial score (nSPS) is 10.9. The summed E-state index contributed by atoms with van der Waals surface area (Å²) in [5.74, 6) is 2.16. The molecule has 28 heavy (non-hydrogen) atoms. The highest BCUT2D eigenvalue weighted by atomic mass is 127. The van der Waals surface area contributed by atoms with E-state index < -0.39 is 0 Å². The van der Waals surface area contributed by atoms with E-state index in [0.29, 0.717) is 23.1 Å². The maximum atomic E-state index is 6.04. The van der Waals surface area contributed by atoms with Crippen molar-refractivity contribution in [2.75, 3.05) is 14.2 Å². The van der Waals surface area contributed by atoms with Crippen LogP contribution in [-0.4, -0.2) is 20.4 Å². The van der Waals surface area contributed by atoms with Gasteiger partial charge in [0.15, 0.2) is 11.5 Å². The second-order valence-corrected chi connectivity index (χ2v) is 7.51. The zero-order chi connectivity index (χ0) is 19.9. The summed E-state index contributed by atoms with van der Waals surface area (Å²) in [4.78, 5) is 4.51. The van der Waals surface area contributed by atoms with Crippen LogP contribution >= 0.6 is 34.2 Å². The number of halogens is 2. The molecule has 0 aliphatic rings. The van der Waals surface area contributed by atoms with Gasteiger partial charge in [-0.3, -0.25) is 4.99 Å². The molecule has 4 nitrogen and oxygen atoms in total. The Morgan fingerprint density at radius 3 is 2.46 bits per heavy atom. The summed E-state index contributed by atoms with van der Waals surface area (Å²) in [6.45, 7) is 0.409. The molecule has 0 aliphatic heterocycles. The average Bonchev–Trinajstić information content (AvgIpc) is 2.71. The third kappa shape index (κ3) is 5.39. The average molecular weight is 508 g/mol. The Morgan fingerprint density at radius 1 is 1.00 bits per heavy atom. The van der Waals surface area contributed by atoms with E-state index >= 15 is 0 Å². The van der Waals surface area contributed by atoms with Crippen LogP contribution in [0.25, 0.3) is 0 Å². The van der Waals surface area contributed by atoms with Gasteiger partial charge in [0.1, 0.15) is 12.4 Å². The lowest BCUT2D eigenvalue weighted by Crippen LogP contribution is -2.00. The summed E-state index contributed by atoms with van der Waals surface area (Å²) in [7, 11) is 3.27. The Labute approximate surface area is 183 Å². The van der Waals surface area contributed by atoms with Gasteiger partial charge in [0.2, 0.25) is 0 Å². The van der Waals surface area contributed by atoms with Gasteiger partial charge in [-0.05, 0) is 82.2 Å². The minimum atomic E-state index is 0.409. The highest BCUT2D eigenvalue weighted by molar-refractivity contribution is 14.1. The van der Waals surface area contributed by atoms with Crippen molar-refractivity contribution in [1.29, 1.82) is 0 Å². The van der Waals surface area contributed by atoms with Gasteiger partial charge in [0, 0.05) is 11.2 Å². The van der Waals surface area contributed by atoms with E-state index in [1.165, 1.54) is 0 Å². The van der Waals surface area contributed by atoms with Crippen molar-refractivity contribution >= 4 is 46.1 Å². The fourth-order valence-corrected chi connectivity index (χ4v) is 3.55. The van der Waals surface area contributed by atoms with Gasteiger partial charge >= 0.3 is 0 Å².